The minimum absolute atomic E-state index is 0.374. The molecule has 0 spiro atoms. The highest BCUT2D eigenvalue weighted by Gasteiger charge is 2.27. The van der Waals surface area contributed by atoms with Crippen LogP contribution in [0.3, 0.4) is 0 Å². The van der Waals surface area contributed by atoms with Crippen molar-refractivity contribution >= 4 is 0 Å². The van der Waals surface area contributed by atoms with Gasteiger partial charge < -0.3 is 4.74 Å². The van der Waals surface area contributed by atoms with E-state index >= 15 is 0 Å². The van der Waals surface area contributed by atoms with Gasteiger partial charge in [0, 0.05) is 18.6 Å². The summed E-state index contributed by atoms with van der Waals surface area (Å²) in [7, 11) is 0. The van der Waals surface area contributed by atoms with E-state index < -0.39 is 0 Å². The fourth-order valence-corrected chi connectivity index (χ4v) is 2.13. The van der Waals surface area contributed by atoms with E-state index in [4.69, 9.17) is 4.74 Å². The van der Waals surface area contributed by atoms with Gasteiger partial charge in [-0.25, -0.2) is 0 Å². The van der Waals surface area contributed by atoms with Crippen molar-refractivity contribution in [1.82, 2.24) is 4.90 Å². The lowest BCUT2D eigenvalue weighted by atomic mass is 9.94. The highest BCUT2D eigenvalue weighted by atomic mass is 16.5. The van der Waals surface area contributed by atoms with Gasteiger partial charge in [0.2, 0.25) is 0 Å². The molecular weight excluding hydrogens is 174 g/mol. The van der Waals surface area contributed by atoms with Crippen molar-refractivity contribution in [3.63, 3.8) is 0 Å². The van der Waals surface area contributed by atoms with E-state index in [1.165, 1.54) is 25.7 Å². The Labute approximate surface area is 88.6 Å². The van der Waals surface area contributed by atoms with Crippen molar-refractivity contribution in [2.45, 2.75) is 52.0 Å². The number of morpholine rings is 1. The van der Waals surface area contributed by atoms with Gasteiger partial charge in [0.25, 0.3) is 0 Å². The van der Waals surface area contributed by atoms with Gasteiger partial charge in [-0.3, -0.25) is 4.90 Å². The first kappa shape index (κ1) is 12.0. The SMILES string of the molecule is CCCCCC(C)(C)N1CCOCC1. The van der Waals surface area contributed by atoms with Gasteiger partial charge in [-0.1, -0.05) is 26.2 Å². The molecule has 0 radical (unpaired) electrons. The minimum atomic E-state index is 0.374. The average molecular weight is 199 g/mol. The molecule has 0 amide bonds. The van der Waals surface area contributed by atoms with E-state index in [1.54, 1.807) is 0 Å². The topological polar surface area (TPSA) is 12.5 Å². The van der Waals surface area contributed by atoms with Crippen LogP contribution in [0.5, 0.6) is 0 Å². The van der Waals surface area contributed by atoms with Crippen LogP contribution in [-0.2, 0) is 4.74 Å². The molecule has 0 aromatic rings. The molecule has 0 atom stereocenters. The molecule has 0 aromatic carbocycles. The third kappa shape index (κ3) is 3.58. The summed E-state index contributed by atoms with van der Waals surface area (Å²) in [6, 6.07) is 0. The molecule has 1 heterocycles. The van der Waals surface area contributed by atoms with E-state index in [9.17, 15) is 0 Å². The van der Waals surface area contributed by atoms with Crippen LogP contribution in [0.15, 0.2) is 0 Å². The van der Waals surface area contributed by atoms with Crippen LogP contribution in [0, 0.1) is 0 Å². The van der Waals surface area contributed by atoms with Crippen LogP contribution < -0.4 is 0 Å². The quantitative estimate of drug-likeness (QED) is 0.631. The van der Waals surface area contributed by atoms with E-state index in [2.05, 4.69) is 25.7 Å². The standard InChI is InChI=1S/C12H25NO/c1-4-5-6-7-12(2,3)13-8-10-14-11-9-13/h4-11H2,1-3H3. The van der Waals surface area contributed by atoms with Gasteiger partial charge in [0.05, 0.1) is 13.2 Å². The molecule has 0 bridgehead atoms. The van der Waals surface area contributed by atoms with Crippen LogP contribution in [0.25, 0.3) is 0 Å². The van der Waals surface area contributed by atoms with Crippen molar-refractivity contribution in [3.8, 4) is 0 Å². The number of hydrogen-bond donors (Lipinski definition) is 0. The smallest absolute Gasteiger partial charge is 0.0594 e. The zero-order valence-electron chi connectivity index (χ0n) is 10.0. The number of nitrogens with zero attached hydrogens (tertiary/aromatic N) is 1. The summed E-state index contributed by atoms with van der Waals surface area (Å²) in [6.45, 7) is 11.1. The summed E-state index contributed by atoms with van der Waals surface area (Å²) in [4.78, 5) is 2.58. The van der Waals surface area contributed by atoms with E-state index in [-0.39, 0.29) is 0 Å². The summed E-state index contributed by atoms with van der Waals surface area (Å²) >= 11 is 0. The zero-order chi connectivity index (χ0) is 10.4. The maximum atomic E-state index is 5.38. The Morgan fingerprint density at radius 3 is 2.36 bits per heavy atom. The van der Waals surface area contributed by atoms with Crippen LogP contribution in [0.1, 0.15) is 46.5 Å². The van der Waals surface area contributed by atoms with Crippen LogP contribution >= 0.6 is 0 Å². The van der Waals surface area contributed by atoms with Crippen LogP contribution in [0.4, 0.5) is 0 Å². The molecule has 2 heteroatoms. The summed E-state index contributed by atoms with van der Waals surface area (Å²) in [5.74, 6) is 0. The highest BCUT2D eigenvalue weighted by Crippen LogP contribution is 2.22. The summed E-state index contributed by atoms with van der Waals surface area (Å²) in [6.07, 6.45) is 5.37. The van der Waals surface area contributed by atoms with E-state index in [1.807, 2.05) is 0 Å². The summed E-state index contributed by atoms with van der Waals surface area (Å²) < 4.78 is 5.38. The largest absolute Gasteiger partial charge is 0.379 e. The second kappa shape index (κ2) is 5.72. The molecule has 0 saturated carbocycles. The van der Waals surface area contributed by atoms with Gasteiger partial charge >= 0.3 is 0 Å². The molecule has 1 aliphatic heterocycles. The monoisotopic (exact) mass is 199 g/mol. The van der Waals surface area contributed by atoms with Crippen molar-refractivity contribution in [1.29, 1.82) is 0 Å². The third-order valence-corrected chi connectivity index (χ3v) is 3.26. The fourth-order valence-electron chi connectivity index (χ4n) is 2.13. The molecule has 0 N–H and O–H groups in total. The Bertz CT molecular complexity index is 150. The predicted molar refractivity (Wildman–Crippen MR) is 60.6 cm³/mol. The molecule has 1 saturated heterocycles. The highest BCUT2D eigenvalue weighted by molar-refractivity contribution is 4.82. The molecule has 1 rings (SSSR count). The number of hydrogen-bond acceptors (Lipinski definition) is 2. The molecular formula is C12H25NO. The Morgan fingerprint density at radius 1 is 1.14 bits per heavy atom. The summed E-state index contributed by atoms with van der Waals surface area (Å²) in [5.41, 5.74) is 0.374. The van der Waals surface area contributed by atoms with E-state index in [0.29, 0.717) is 5.54 Å². The minimum Gasteiger partial charge on any atom is -0.379 e. The molecule has 1 fully saturated rings. The first-order valence-electron chi connectivity index (χ1n) is 5.99. The lowest BCUT2D eigenvalue weighted by Gasteiger charge is -2.41. The number of unbranched alkanes of at least 4 members (excludes halogenated alkanes) is 2. The van der Waals surface area contributed by atoms with Gasteiger partial charge in [-0.05, 0) is 20.3 Å². The maximum absolute atomic E-state index is 5.38. The van der Waals surface area contributed by atoms with Crippen molar-refractivity contribution in [2.24, 2.45) is 0 Å². The molecule has 14 heavy (non-hydrogen) atoms. The second-order valence-electron chi connectivity index (χ2n) is 4.87. The van der Waals surface area contributed by atoms with Gasteiger partial charge in [0.15, 0.2) is 0 Å². The Hall–Kier alpha value is -0.0800. The van der Waals surface area contributed by atoms with Crippen LogP contribution in [0.2, 0.25) is 0 Å². The lowest BCUT2D eigenvalue weighted by molar-refractivity contribution is -0.0135. The molecule has 84 valence electrons. The average Bonchev–Trinajstić information content (AvgIpc) is 2.19. The van der Waals surface area contributed by atoms with Gasteiger partial charge in [-0.15, -0.1) is 0 Å². The zero-order valence-corrected chi connectivity index (χ0v) is 10.0. The summed E-state index contributed by atoms with van der Waals surface area (Å²) in [5, 5.41) is 0. The second-order valence-corrected chi connectivity index (χ2v) is 4.87. The molecule has 2 nitrogen and oxygen atoms in total. The maximum Gasteiger partial charge on any atom is 0.0594 e. The van der Waals surface area contributed by atoms with Crippen LogP contribution in [-0.4, -0.2) is 36.7 Å². The number of ether oxygens (including phenoxy) is 1. The van der Waals surface area contributed by atoms with E-state index in [0.717, 1.165) is 26.3 Å². The predicted octanol–water partition coefficient (Wildman–Crippen LogP) is 2.68. The van der Waals surface area contributed by atoms with Crippen molar-refractivity contribution in [3.05, 3.63) is 0 Å². The molecule has 0 aromatic heterocycles. The fraction of sp³-hybridized carbons (Fsp3) is 1.00. The third-order valence-electron chi connectivity index (χ3n) is 3.26. The van der Waals surface area contributed by atoms with Crippen molar-refractivity contribution < 1.29 is 4.74 Å². The molecule has 1 aliphatic rings. The van der Waals surface area contributed by atoms with Gasteiger partial charge in [0.1, 0.15) is 0 Å². The molecule has 0 aliphatic carbocycles. The normalized spacial score (nSPS) is 19.9. The van der Waals surface area contributed by atoms with Gasteiger partial charge in [-0.2, -0.15) is 0 Å². The first-order valence-corrected chi connectivity index (χ1v) is 5.99. The Morgan fingerprint density at radius 2 is 1.79 bits per heavy atom. The lowest BCUT2D eigenvalue weighted by Crippen LogP contribution is -2.49. The van der Waals surface area contributed by atoms with Crippen molar-refractivity contribution in [2.75, 3.05) is 26.3 Å². The number of rotatable bonds is 5. The first-order chi connectivity index (χ1) is 6.67. The molecule has 0 unspecified atom stereocenters. The Kier molecular flexibility index (Phi) is 4.90. The Balaban J connectivity index is 2.29.